The van der Waals surface area contributed by atoms with Crippen LogP contribution in [-0.2, 0) is 6.42 Å². The van der Waals surface area contributed by atoms with Crippen LogP contribution in [0.4, 0.5) is 0 Å². The van der Waals surface area contributed by atoms with Crippen LogP contribution in [-0.4, -0.2) is 12.1 Å². The van der Waals surface area contributed by atoms with Crippen molar-refractivity contribution in [1.29, 1.82) is 0 Å². The number of hydrogen-bond donors (Lipinski definition) is 0. The van der Waals surface area contributed by atoms with Crippen LogP contribution >= 0.6 is 0 Å². The molecule has 1 aromatic heterocycles. The predicted molar refractivity (Wildman–Crippen MR) is 66.8 cm³/mol. The maximum atomic E-state index is 12.0. The van der Waals surface area contributed by atoms with Crippen LogP contribution in [0.15, 0.2) is 34.7 Å². The van der Waals surface area contributed by atoms with Crippen LogP contribution in [0.5, 0.6) is 0 Å². The Balaban J connectivity index is 2.27. The Bertz CT molecular complexity index is 608. The number of benzene rings is 1. The van der Waals surface area contributed by atoms with E-state index in [1.807, 2.05) is 30.3 Å². The summed E-state index contributed by atoms with van der Waals surface area (Å²) < 4.78 is 5.52. The molecule has 0 aliphatic heterocycles. The monoisotopic (exact) mass is 240 g/mol. The molecule has 3 nitrogen and oxygen atoms in total. The number of aryl methyl sites for hydroxylation is 1. The molecule has 2 aromatic rings. The van der Waals surface area contributed by atoms with Crippen molar-refractivity contribution >= 4 is 12.1 Å². The molecule has 0 N–H and O–H groups in total. The van der Waals surface area contributed by atoms with Gasteiger partial charge in [-0.1, -0.05) is 30.3 Å². The third-order valence-electron chi connectivity index (χ3n) is 3.26. The summed E-state index contributed by atoms with van der Waals surface area (Å²) >= 11 is 0. The lowest BCUT2D eigenvalue weighted by Gasteiger charge is -2.09. The molecule has 0 saturated carbocycles. The lowest BCUT2D eigenvalue weighted by atomic mass is 9.90. The molecule has 18 heavy (non-hydrogen) atoms. The minimum Gasteiger partial charge on any atom is -0.457 e. The fourth-order valence-corrected chi connectivity index (χ4v) is 2.48. The fraction of sp³-hybridized carbons (Fsp3) is 0.200. The van der Waals surface area contributed by atoms with E-state index >= 15 is 0 Å². The Kier molecular flexibility index (Phi) is 2.59. The first-order chi connectivity index (χ1) is 8.81. The summed E-state index contributed by atoms with van der Waals surface area (Å²) in [7, 11) is 0. The number of carbonyl (C=O) groups excluding carboxylic acids is 2. The van der Waals surface area contributed by atoms with Gasteiger partial charge in [-0.25, -0.2) is 0 Å². The standard InChI is InChI=1S/C15H12O3/c16-9-13-14(10-5-2-1-3-6-10)15-11(17)7-4-8-12(15)18-13/h1-3,5-6,9H,4,7-8H2. The van der Waals surface area contributed by atoms with Crippen LogP contribution in [0.25, 0.3) is 11.1 Å². The van der Waals surface area contributed by atoms with E-state index in [2.05, 4.69) is 0 Å². The Morgan fingerprint density at radius 2 is 1.83 bits per heavy atom. The Morgan fingerprint density at radius 3 is 2.56 bits per heavy atom. The zero-order valence-corrected chi connectivity index (χ0v) is 9.81. The molecule has 0 amide bonds. The van der Waals surface area contributed by atoms with Gasteiger partial charge >= 0.3 is 0 Å². The van der Waals surface area contributed by atoms with Crippen molar-refractivity contribution in [2.45, 2.75) is 19.3 Å². The number of rotatable bonds is 2. The summed E-state index contributed by atoms with van der Waals surface area (Å²) in [6.45, 7) is 0. The number of Topliss-reactive ketones (excluding diaryl/α,β-unsaturated/α-hetero) is 1. The molecule has 0 bridgehead atoms. The van der Waals surface area contributed by atoms with E-state index in [-0.39, 0.29) is 11.5 Å². The molecule has 0 fully saturated rings. The average molecular weight is 240 g/mol. The number of hydrogen-bond acceptors (Lipinski definition) is 3. The molecule has 1 aromatic carbocycles. The highest BCUT2D eigenvalue weighted by atomic mass is 16.3. The SMILES string of the molecule is O=Cc1oc2c(c1-c1ccccc1)C(=O)CCC2. The number of aldehydes is 1. The van der Waals surface area contributed by atoms with Crippen molar-refractivity contribution < 1.29 is 14.0 Å². The highest BCUT2D eigenvalue weighted by Crippen LogP contribution is 2.36. The van der Waals surface area contributed by atoms with E-state index in [0.29, 0.717) is 29.6 Å². The molecular formula is C15H12O3. The minimum atomic E-state index is 0.0759. The van der Waals surface area contributed by atoms with Crippen LogP contribution in [0.3, 0.4) is 0 Å². The minimum absolute atomic E-state index is 0.0759. The van der Waals surface area contributed by atoms with Gasteiger partial charge in [-0.2, -0.15) is 0 Å². The van der Waals surface area contributed by atoms with Crippen LogP contribution in [0, 0.1) is 0 Å². The number of ketones is 1. The third kappa shape index (κ3) is 1.59. The first-order valence-electron chi connectivity index (χ1n) is 6.00. The molecule has 0 atom stereocenters. The fourth-order valence-electron chi connectivity index (χ4n) is 2.48. The van der Waals surface area contributed by atoms with E-state index in [1.165, 1.54) is 0 Å². The highest BCUT2D eigenvalue weighted by Gasteiger charge is 2.28. The van der Waals surface area contributed by atoms with Crippen LogP contribution in [0.2, 0.25) is 0 Å². The van der Waals surface area contributed by atoms with E-state index < -0.39 is 0 Å². The van der Waals surface area contributed by atoms with Gasteiger partial charge in [0.25, 0.3) is 0 Å². The molecule has 1 heterocycles. The smallest absolute Gasteiger partial charge is 0.185 e. The van der Waals surface area contributed by atoms with Crippen molar-refractivity contribution in [3.63, 3.8) is 0 Å². The van der Waals surface area contributed by atoms with Crippen molar-refractivity contribution in [2.24, 2.45) is 0 Å². The molecule has 0 radical (unpaired) electrons. The van der Waals surface area contributed by atoms with Crippen molar-refractivity contribution in [3.05, 3.63) is 47.4 Å². The summed E-state index contributed by atoms with van der Waals surface area (Å²) in [5.41, 5.74) is 2.12. The summed E-state index contributed by atoms with van der Waals surface area (Å²) in [5.74, 6) is 1.00. The van der Waals surface area contributed by atoms with E-state index in [1.54, 1.807) is 0 Å². The van der Waals surface area contributed by atoms with Crippen LogP contribution < -0.4 is 0 Å². The zero-order chi connectivity index (χ0) is 12.5. The van der Waals surface area contributed by atoms with Gasteiger partial charge in [-0.15, -0.1) is 0 Å². The predicted octanol–water partition coefficient (Wildman–Crippen LogP) is 3.28. The van der Waals surface area contributed by atoms with Gasteiger partial charge < -0.3 is 4.42 Å². The molecule has 3 rings (SSSR count). The lowest BCUT2D eigenvalue weighted by molar-refractivity contribution is 0.0968. The van der Waals surface area contributed by atoms with E-state index in [0.717, 1.165) is 18.4 Å². The quantitative estimate of drug-likeness (QED) is 0.757. The van der Waals surface area contributed by atoms with Gasteiger partial charge in [0.05, 0.1) is 5.56 Å². The van der Waals surface area contributed by atoms with Crippen molar-refractivity contribution in [2.75, 3.05) is 0 Å². The Hall–Kier alpha value is -2.16. The van der Waals surface area contributed by atoms with Crippen LogP contribution in [0.1, 0.15) is 39.5 Å². The summed E-state index contributed by atoms with van der Waals surface area (Å²) in [5, 5.41) is 0. The number of furan rings is 1. The van der Waals surface area contributed by atoms with Crippen molar-refractivity contribution in [1.82, 2.24) is 0 Å². The zero-order valence-electron chi connectivity index (χ0n) is 9.81. The van der Waals surface area contributed by atoms with Gasteiger partial charge in [0, 0.05) is 18.4 Å². The molecule has 1 aliphatic rings. The van der Waals surface area contributed by atoms with Gasteiger partial charge in [0.1, 0.15) is 5.76 Å². The third-order valence-corrected chi connectivity index (χ3v) is 3.26. The number of fused-ring (bicyclic) bond motifs is 1. The second-order valence-corrected chi connectivity index (χ2v) is 4.40. The lowest BCUT2D eigenvalue weighted by Crippen LogP contribution is -2.09. The molecule has 90 valence electrons. The first-order valence-corrected chi connectivity index (χ1v) is 6.00. The van der Waals surface area contributed by atoms with E-state index in [4.69, 9.17) is 4.42 Å². The number of carbonyl (C=O) groups is 2. The first kappa shape index (κ1) is 11.0. The Labute approximate surface area is 104 Å². The summed E-state index contributed by atoms with van der Waals surface area (Å²) in [6.07, 6.45) is 2.75. The molecule has 0 unspecified atom stereocenters. The molecule has 0 saturated heterocycles. The molecule has 3 heteroatoms. The normalized spacial score (nSPS) is 14.3. The van der Waals surface area contributed by atoms with Gasteiger partial charge in [0.2, 0.25) is 0 Å². The highest BCUT2D eigenvalue weighted by molar-refractivity contribution is 6.07. The van der Waals surface area contributed by atoms with Gasteiger partial charge in [0.15, 0.2) is 17.8 Å². The molecule has 0 spiro atoms. The summed E-state index contributed by atoms with van der Waals surface area (Å²) in [4.78, 5) is 23.2. The van der Waals surface area contributed by atoms with E-state index in [9.17, 15) is 9.59 Å². The second-order valence-electron chi connectivity index (χ2n) is 4.40. The molecule has 1 aliphatic carbocycles. The second kappa shape index (κ2) is 4.26. The molecular weight excluding hydrogens is 228 g/mol. The van der Waals surface area contributed by atoms with Gasteiger partial charge in [-0.3, -0.25) is 9.59 Å². The maximum Gasteiger partial charge on any atom is 0.185 e. The Morgan fingerprint density at radius 1 is 1.06 bits per heavy atom. The largest absolute Gasteiger partial charge is 0.457 e. The van der Waals surface area contributed by atoms with Gasteiger partial charge in [-0.05, 0) is 12.0 Å². The topological polar surface area (TPSA) is 47.3 Å². The summed E-state index contributed by atoms with van der Waals surface area (Å²) in [6, 6.07) is 9.45. The van der Waals surface area contributed by atoms with Crippen molar-refractivity contribution in [3.8, 4) is 11.1 Å². The average Bonchev–Trinajstić information content (AvgIpc) is 2.79. The maximum absolute atomic E-state index is 12.0.